The van der Waals surface area contributed by atoms with E-state index in [1.54, 1.807) is 6.92 Å². The van der Waals surface area contributed by atoms with Crippen molar-refractivity contribution in [3.8, 4) is 0 Å². The minimum absolute atomic E-state index is 0.0577. The highest BCUT2D eigenvalue weighted by Crippen LogP contribution is 2.33. The van der Waals surface area contributed by atoms with E-state index in [2.05, 4.69) is 37.7 Å². The Kier molecular flexibility index (Phi) is 5.83. The molecule has 1 aromatic heterocycles. The predicted molar refractivity (Wildman–Crippen MR) is 113 cm³/mol. The summed E-state index contributed by atoms with van der Waals surface area (Å²) in [5, 5.41) is 26.9. The zero-order valence-electron chi connectivity index (χ0n) is 17.2. The second-order valence-electron chi connectivity index (χ2n) is 7.99. The van der Waals surface area contributed by atoms with Crippen molar-refractivity contribution in [2.75, 3.05) is 17.7 Å². The van der Waals surface area contributed by atoms with Crippen LogP contribution in [0.25, 0.3) is 0 Å². The number of likely N-dealkylation sites (N-methyl/N-ethyl adjacent to an activating group) is 1. The van der Waals surface area contributed by atoms with Crippen LogP contribution < -0.4 is 10.6 Å². The van der Waals surface area contributed by atoms with Crippen LogP contribution in [-0.2, 0) is 16.7 Å². The van der Waals surface area contributed by atoms with Gasteiger partial charge >= 0.3 is 10.3 Å². The van der Waals surface area contributed by atoms with E-state index in [0.29, 0.717) is 16.1 Å². The standard InChI is InChI=1S/C19H26N6O5S/c1-10-20-18(22-13-8-7-11-5-3-4-6-12(11)13)24-19(21-10)23-14-9-15(17(27)16(14)26)25(2)31(28,29)30/h3-6,13-17,26-27H,7-9H2,1-2H3,(H,28,29,30)(H2,20,21,22,23,24)/t13-,14+,15+,16-,17+/m0/s1. The normalized spacial score (nSPS) is 28.0. The number of hydrogen-bond donors (Lipinski definition) is 5. The Labute approximate surface area is 180 Å². The number of aliphatic hydroxyl groups excluding tert-OH is 2. The fourth-order valence-corrected chi connectivity index (χ4v) is 4.88. The number of nitrogens with one attached hydrogen (secondary N) is 2. The van der Waals surface area contributed by atoms with E-state index in [9.17, 15) is 23.2 Å². The average Bonchev–Trinajstić information content (AvgIpc) is 3.23. The van der Waals surface area contributed by atoms with Gasteiger partial charge in [-0.1, -0.05) is 24.3 Å². The van der Waals surface area contributed by atoms with Gasteiger partial charge in [0, 0.05) is 7.05 Å². The van der Waals surface area contributed by atoms with Crippen molar-refractivity contribution >= 4 is 22.2 Å². The van der Waals surface area contributed by atoms with Gasteiger partial charge < -0.3 is 20.8 Å². The summed E-state index contributed by atoms with van der Waals surface area (Å²) in [6.07, 6.45) is -0.700. The Bertz CT molecular complexity index is 1070. The SMILES string of the molecule is Cc1nc(N[C@H]2CCc3ccccc32)nc(N[C@@H]2C[C@@H](N(C)S(=O)(=O)O)[C@@H](O)[C@H]2O)n1. The molecule has 2 aliphatic rings. The van der Waals surface area contributed by atoms with Crippen molar-refractivity contribution in [1.29, 1.82) is 0 Å². The van der Waals surface area contributed by atoms with Crippen molar-refractivity contribution < 1.29 is 23.2 Å². The summed E-state index contributed by atoms with van der Waals surface area (Å²) in [7, 11) is -3.36. The molecular weight excluding hydrogens is 424 g/mol. The van der Waals surface area contributed by atoms with Gasteiger partial charge in [0.1, 0.15) is 11.9 Å². The molecule has 168 valence electrons. The van der Waals surface area contributed by atoms with Crippen LogP contribution in [0.4, 0.5) is 11.9 Å². The minimum atomic E-state index is -4.51. The van der Waals surface area contributed by atoms with Crippen LogP contribution in [0.1, 0.15) is 35.8 Å². The zero-order chi connectivity index (χ0) is 22.3. The van der Waals surface area contributed by atoms with Gasteiger partial charge in [-0.05, 0) is 37.3 Å². The van der Waals surface area contributed by atoms with Gasteiger partial charge in [-0.3, -0.25) is 4.55 Å². The first-order valence-electron chi connectivity index (χ1n) is 10.0. The van der Waals surface area contributed by atoms with Crippen molar-refractivity contribution in [1.82, 2.24) is 19.3 Å². The third-order valence-electron chi connectivity index (χ3n) is 5.98. The molecule has 1 saturated carbocycles. The smallest absolute Gasteiger partial charge is 0.335 e. The van der Waals surface area contributed by atoms with Gasteiger partial charge in [0.05, 0.1) is 24.2 Å². The maximum absolute atomic E-state index is 11.4. The van der Waals surface area contributed by atoms with E-state index < -0.39 is 34.6 Å². The first-order chi connectivity index (χ1) is 14.6. The molecule has 5 atom stereocenters. The van der Waals surface area contributed by atoms with Crippen LogP contribution in [-0.4, -0.2) is 73.8 Å². The van der Waals surface area contributed by atoms with Crippen molar-refractivity contribution in [3.05, 3.63) is 41.2 Å². The van der Waals surface area contributed by atoms with E-state index in [1.165, 1.54) is 11.1 Å². The van der Waals surface area contributed by atoms with Crippen molar-refractivity contribution in [2.45, 2.75) is 56.5 Å². The van der Waals surface area contributed by atoms with Crippen LogP contribution in [0.2, 0.25) is 0 Å². The summed E-state index contributed by atoms with van der Waals surface area (Å²) in [5.41, 5.74) is 2.50. The van der Waals surface area contributed by atoms with E-state index in [-0.39, 0.29) is 18.4 Å². The Morgan fingerprint density at radius 2 is 1.74 bits per heavy atom. The molecule has 1 heterocycles. The van der Waals surface area contributed by atoms with E-state index in [4.69, 9.17) is 0 Å². The second kappa shape index (κ2) is 8.28. The number of benzene rings is 1. The lowest BCUT2D eigenvalue weighted by Crippen LogP contribution is -2.44. The van der Waals surface area contributed by atoms with Crippen molar-refractivity contribution in [2.24, 2.45) is 0 Å². The molecule has 5 N–H and O–H groups in total. The van der Waals surface area contributed by atoms with Gasteiger partial charge in [0.15, 0.2) is 0 Å². The lowest BCUT2D eigenvalue weighted by atomic mass is 10.1. The van der Waals surface area contributed by atoms with Crippen molar-refractivity contribution in [3.63, 3.8) is 0 Å². The van der Waals surface area contributed by atoms with E-state index in [1.807, 2.05) is 12.1 Å². The summed E-state index contributed by atoms with van der Waals surface area (Å²) in [6.45, 7) is 1.72. The molecule has 11 nitrogen and oxygen atoms in total. The second-order valence-corrected chi connectivity index (χ2v) is 9.46. The molecule has 0 amide bonds. The Hall–Kier alpha value is -2.38. The molecule has 0 bridgehead atoms. The number of aryl methyl sites for hydroxylation is 2. The fourth-order valence-electron chi connectivity index (χ4n) is 4.32. The zero-order valence-corrected chi connectivity index (χ0v) is 18.0. The van der Waals surface area contributed by atoms with Crippen LogP contribution >= 0.6 is 0 Å². The third kappa shape index (κ3) is 4.48. The van der Waals surface area contributed by atoms with Gasteiger partial charge in [0.2, 0.25) is 11.9 Å². The highest BCUT2D eigenvalue weighted by Gasteiger charge is 2.46. The molecule has 4 rings (SSSR count). The van der Waals surface area contributed by atoms with Crippen LogP contribution in [0.5, 0.6) is 0 Å². The molecule has 0 saturated heterocycles. The lowest BCUT2D eigenvalue weighted by molar-refractivity contribution is 0.0153. The Balaban J connectivity index is 1.49. The van der Waals surface area contributed by atoms with Crippen LogP contribution in [0, 0.1) is 6.92 Å². The lowest BCUT2D eigenvalue weighted by Gasteiger charge is -2.23. The maximum Gasteiger partial charge on any atom is 0.335 e. The predicted octanol–water partition coefficient (Wildman–Crippen LogP) is 0.289. The number of aliphatic hydroxyl groups is 2. The molecule has 0 unspecified atom stereocenters. The molecule has 1 fully saturated rings. The number of aromatic nitrogens is 3. The van der Waals surface area contributed by atoms with Gasteiger partial charge in [0.25, 0.3) is 0 Å². The quantitative estimate of drug-likeness (QED) is 0.387. The van der Waals surface area contributed by atoms with Gasteiger partial charge in [-0.2, -0.15) is 27.7 Å². The number of nitrogens with zero attached hydrogens (tertiary/aromatic N) is 4. The maximum atomic E-state index is 11.4. The molecule has 2 aliphatic carbocycles. The monoisotopic (exact) mass is 450 g/mol. The highest BCUT2D eigenvalue weighted by molar-refractivity contribution is 7.83. The van der Waals surface area contributed by atoms with E-state index in [0.717, 1.165) is 19.9 Å². The largest absolute Gasteiger partial charge is 0.389 e. The van der Waals surface area contributed by atoms with E-state index >= 15 is 0 Å². The summed E-state index contributed by atoms with van der Waals surface area (Å²) in [6, 6.07) is 6.58. The fraction of sp³-hybridized carbons (Fsp3) is 0.526. The molecule has 12 heteroatoms. The minimum Gasteiger partial charge on any atom is -0.389 e. The topological polar surface area (TPSA) is 161 Å². The number of hydrogen-bond acceptors (Lipinski definition) is 9. The molecule has 0 aliphatic heterocycles. The third-order valence-corrected chi connectivity index (χ3v) is 6.98. The highest BCUT2D eigenvalue weighted by atomic mass is 32.2. The summed E-state index contributed by atoms with van der Waals surface area (Å²) in [4.78, 5) is 13.0. The van der Waals surface area contributed by atoms with Crippen LogP contribution in [0.15, 0.2) is 24.3 Å². The number of rotatable bonds is 6. The van der Waals surface area contributed by atoms with Gasteiger partial charge in [-0.15, -0.1) is 0 Å². The first kappa shape index (κ1) is 21.8. The molecule has 2 aromatic rings. The number of fused-ring (bicyclic) bond motifs is 1. The molecule has 0 radical (unpaired) electrons. The molecule has 1 aromatic carbocycles. The average molecular weight is 451 g/mol. The summed E-state index contributed by atoms with van der Waals surface area (Å²) >= 11 is 0. The Morgan fingerprint density at radius 1 is 1.06 bits per heavy atom. The summed E-state index contributed by atoms with van der Waals surface area (Å²) in [5.74, 6) is 1.05. The molecule has 31 heavy (non-hydrogen) atoms. The first-order valence-corrected chi connectivity index (χ1v) is 11.4. The van der Waals surface area contributed by atoms with Crippen LogP contribution in [0.3, 0.4) is 0 Å². The molecular formula is C19H26N6O5S. The number of anilines is 2. The summed E-state index contributed by atoms with van der Waals surface area (Å²) < 4.78 is 32.7. The van der Waals surface area contributed by atoms with Gasteiger partial charge in [-0.25, -0.2) is 0 Å². The molecule has 0 spiro atoms. The Morgan fingerprint density at radius 3 is 2.45 bits per heavy atom.